The van der Waals surface area contributed by atoms with Gasteiger partial charge in [-0.25, -0.2) is 4.79 Å². The number of methoxy groups -OCH3 is 1. The molecule has 0 bridgehead atoms. The Morgan fingerprint density at radius 3 is 2.43 bits per heavy atom. The Hall–Kier alpha value is -2.16. The number of esters is 1. The monoisotopic (exact) mass is 590 g/mol. The summed E-state index contributed by atoms with van der Waals surface area (Å²) in [5, 5.41) is 15.7. The molecule has 2 amide bonds. The van der Waals surface area contributed by atoms with E-state index < -0.39 is 41.7 Å². The Kier molecular flexibility index (Phi) is 9.71. The van der Waals surface area contributed by atoms with Crippen LogP contribution in [0.3, 0.4) is 0 Å². The summed E-state index contributed by atoms with van der Waals surface area (Å²) in [6.45, 7) is 11.2. The van der Waals surface area contributed by atoms with E-state index in [0.29, 0.717) is 24.7 Å². The normalized spacial score (nSPS) is 37.4. The molecule has 0 aromatic carbocycles. The number of carbonyl (C=O) groups is 4. The van der Waals surface area contributed by atoms with Crippen LogP contribution in [0.15, 0.2) is 0 Å². The van der Waals surface area contributed by atoms with E-state index in [0.717, 1.165) is 44.9 Å². The molecule has 4 aliphatic carbocycles. The van der Waals surface area contributed by atoms with Gasteiger partial charge in [-0.2, -0.15) is 0 Å². The highest BCUT2D eigenvalue weighted by molar-refractivity contribution is 5.96. The predicted molar refractivity (Wildman–Crippen MR) is 158 cm³/mol. The average Bonchev–Trinajstić information content (AvgIpc) is 3.29. The molecular formula is C33H54N2O7. The van der Waals surface area contributed by atoms with E-state index >= 15 is 0 Å². The summed E-state index contributed by atoms with van der Waals surface area (Å²) in [4.78, 5) is 53.0. The number of rotatable bonds is 8. The third kappa shape index (κ3) is 6.09. The molecule has 4 rings (SSSR count). The van der Waals surface area contributed by atoms with Gasteiger partial charge >= 0.3 is 12.1 Å². The van der Waals surface area contributed by atoms with Crippen LogP contribution in [0.5, 0.6) is 0 Å². The second-order valence-electron chi connectivity index (χ2n) is 15.1. The minimum Gasteiger partial charge on any atom is -0.469 e. The number of hydrogen-bond donors (Lipinski definition) is 3. The topological polar surface area (TPSA) is 131 Å². The fraction of sp³-hybridized carbons (Fsp3) is 0.879. The Morgan fingerprint density at radius 2 is 1.79 bits per heavy atom. The fourth-order valence-electron chi connectivity index (χ4n) is 9.82. The fourth-order valence-corrected chi connectivity index (χ4v) is 9.82. The summed E-state index contributed by atoms with van der Waals surface area (Å²) >= 11 is 0. The molecule has 0 spiro atoms. The van der Waals surface area contributed by atoms with Crippen molar-refractivity contribution < 1.29 is 33.8 Å². The zero-order valence-corrected chi connectivity index (χ0v) is 26.8. The first-order valence-corrected chi connectivity index (χ1v) is 16.2. The molecule has 42 heavy (non-hydrogen) atoms. The van der Waals surface area contributed by atoms with E-state index in [1.165, 1.54) is 13.5 Å². The molecule has 0 aliphatic heterocycles. The molecule has 9 nitrogen and oxygen atoms in total. The summed E-state index contributed by atoms with van der Waals surface area (Å²) in [6.07, 6.45) is 8.84. The van der Waals surface area contributed by atoms with Gasteiger partial charge in [0.15, 0.2) is 5.78 Å². The Bertz CT molecular complexity index is 1040. The molecule has 0 aromatic heterocycles. The SMILES string of the molecule is COC(=O)CC[C@@H](C)C1CCC2C3CC[C@@H]4CCCC[C@]4(C)C3[C@H](NC(=O)C(CO)NC(=O)OC(C)(C)C)C(=O)[C@@]21C. The lowest BCUT2D eigenvalue weighted by Crippen LogP contribution is -2.68. The maximum absolute atomic E-state index is 14.9. The molecule has 0 heterocycles. The van der Waals surface area contributed by atoms with Crippen LogP contribution < -0.4 is 10.6 Å². The molecule has 9 heteroatoms. The van der Waals surface area contributed by atoms with Crippen molar-refractivity contribution in [1.29, 1.82) is 0 Å². The average molecular weight is 591 g/mol. The number of fused-ring (bicyclic) bond motifs is 5. The highest BCUT2D eigenvalue weighted by Crippen LogP contribution is 2.67. The third-order valence-corrected chi connectivity index (χ3v) is 11.7. The van der Waals surface area contributed by atoms with E-state index in [2.05, 4.69) is 31.4 Å². The lowest BCUT2D eigenvalue weighted by Gasteiger charge is -2.62. The first kappa shape index (κ1) is 32.7. The highest BCUT2D eigenvalue weighted by Gasteiger charge is 2.67. The Balaban J connectivity index is 1.66. The van der Waals surface area contributed by atoms with E-state index in [1.807, 2.05) is 0 Å². The maximum atomic E-state index is 14.9. The Labute approximate surface area is 251 Å². The van der Waals surface area contributed by atoms with Crippen LogP contribution in [0.25, 0.3) is 0 Å². The molecule has 0 saturated heterocycles. The molecular weight excluding hydrogens is 536 g/mol. The zero-order valence-electron chi connectivity index (χ0n) is 26.8. The van der Waals surface area contributed by atoms with E-state index in [-0.39, 0.29) is 40.8 Å². The highest BCUT2D eigenvalue weighted by atomic mass is 16.6. The van der Waals surface area contributed by atoms with Crippen molar-refractivity contribution in [3.63, 3.8) is 0 Å². The minimum atomic E-state index is -1.23. The van der Waals surface area contributed by atoms with Crippen molar-refractivity contribution in [2.45, 2.75) is 123 Å². The standard InChI is InChI=1S/C33H54N2O7/c1-19(11-16-25(37)41-7)22-14-15-23-21-13-12-20-10-8-9-17-32(20,5)26(21)27(28(38)33(22,23)6)35-29(39)24(18-36)34-30(40)42-31(2,3)4/h19-24,26-27,36H,8-18H2,1-7H3,(H,34,40)(H,35,39)/t19-,20+,21?,22?,23?,24?,26?,27+,32+,33-/m1/s1. The van der Waals surface area contributed by atoms with Crippen LogP contribution >= 0.6 is 0 Å². The second-order valence-corrected chi connectivity index (χ2v) is 15.1. The summed E-state index contributed by atoms with van der Waals surface area (Å²) in [5.41, 5.74) is -1.44. The first-order valence-electron chi connectivity index (χ1n) is 16.2. The molecule has 4 aliphatic rings. The van der Waals surface area contributed by atoms with Crippen LogP contribution in [0.2, 0.25) is 0 Å². The van der Waals surface area contributed by atoms with Gasteiger partial charge in [-0.1, -0.05) is 33.6 Å². The number of nitrogens with one attached hydrogen (secondary N) is 2. The van der Waals surface area contributed by atoms with Crippen molar-refractivity contribution >= 4 is 23.8 Å². The lowest BCUT2D eigenvalue weighted by atomic mass is 9.43. The number of aliphatic hydroxyl groups is 1. The molecule has 10 atom stereocenters. The molecule has 0 aromatic rings. The number of ether oxygens (including phenoxy) is 2. The number of Topliss-reactive ketones (excluding diaryl/α,β-unsaturated/α-hetero) is 1. The Morgan fingerprint density at radius 1 is 1.07 bits per heavy atom. The number of hydrogen-bond acceptors (Lipinski definition) is 7. The number of ketones is 1. The molecule has 5 unspecified atom stereocenters. The quantitative estimate of drug-likeness (QED) is 0.347. The number of carbonyl (C=O) groups excluding carboxylic acids is 4. The van der Waals surface area contributed by atoms with Gasteiger partial charge in [0.05, 0.1) is 19.8 Å². The molecule has 4 fully saturated rings. The largest absolute Gasteiger partial charge is 0.469 e. The van der Waals surface area contributed by atoms with Crippen molar-refractivity contribution in [3.8, 4) is 0 Å². The van der Waals surface area contributed by atoms with Gasteiger partial charge < -0.3 is 25.2 Å². The van der Waals surface area contributed by atoms with Crippen molar-refractivity contribution in [2.24, 2.45) is 46.3 Å². The smallest absolute Gasteiger partial charge is 0.408 e. The third-order valence-electron chi connectivity index (χ3n) is 11.7. The van der Waals surface area contributed by atoms with Crippen molar-refractivity contribution in [2.75, 3.05) is 13.7 Å². The maximum Gasteiger partial charge on any atom is 0.408 e. The summed E-state index contributed by atoms with van der Waals surface area (Å²) in [6, 6.07) is -1.92. The van der Waals surface area contributed by atoms with Gasteiger partial charge in [0.2, 0.25) is 5.91 Å². The van der Waals surface area contributed by atoms with Crippen LogP contribution in [0, 0.1) is 46.3 Å². The second kappa shape index (κ2) is 12.4. The first-order chi connectivity index (χ1) is 19.7. The number of aliphatic hydroxyl groups excluding tert-OH is 1. The molecule has 4 saturated carbocycles. The van der Waals surface area contributed by atoms with Crippen LogP contribution in [-0.2, 0) is 23.9 Å². The summed E-state index contributed by atoms with van der Waals surface area (Å²) < 4.78 is 10.2. The molecule has 3 N–H and O–H groups in total. The van der Waals surface area contributed by atoms with Gasteiger partial charge in [-0.15, -0.1) is 0 Å². The predicted octanol–water partition coefficient (Wildman–Crippen LogP) is 4.78. The lowest BCUT2D eigenvalue weighted by molar-refractivity contribution is -0.166. The van der Waals surface area contributed by atoms with Crippen molar-refractivity contribution in [1.82, 2.24) is 10.6 Å². The van der Waals surface area contributed by atoms with E-state index in [9.17, 15) is 24.3 Å². The molecule has 0 radical (unpaired) electrons. The minimum absolute atomic E-state index is 0.0102. The van der Waals surface area contributed by atoms with Gasteiger partial charge in [0, 0.05) is 11.8 Å². The van der Waals surface area contributed by atoms with Gasteiger partial charge in [-0.3, -0.25) is 14.4 Å². The van der Waals surface area contributed by atoms with Gasteiger partial charge in [-0.05, 0) is 107 Å². The molecule has 238 valence electrons. The van der Waals surface area contributed by atoms with E-state index in [1.54, 1.807) is 20.8 Å². The van der Waals surface area contributed by atoms with Crippen LogP contribution in [0.4, 0.5) is 4.79 Å². The van der Waals surface area contributed by atoms with Crippen molar-refractivity contribution in [3.05, 3.63) is 0 Å². The summed E-state index contributed by atoms with van der Waals surface area (Å²) in [5.74, 6) is 0.612. The number of alkyl carbamates (subject to hydrolysis) is 1. The van der Waals surface area contributed by atoms with Gasteiger partial charge in [0.25, 0.3) is 0 Å². The summed E-state index contributed by atoms with van der Waals surface area (Å²) in [7, 11) is 1.40. The number of amides is 2. The van der Waals surface area contributed by atoms with Crippen LogP contribution in [0.1, 0.15) is 106 Å². The van der Waals surface area contributed by atoms with E-state index in [4.69, 9.17) is 9.47 Å². The van der Waals surface area contributed by atoms with Crippen LogP contribution in [-0.4, -0.2) is 60.3 Å². The van der Waals surface area contributed by atoms with Gasteiger partial charge in [0.1, 0.15) is 11.6 Å². The zero-order chi connectivity index (χ0) is 31.0.